The van der Waals surface area contributed by atoms with E-state index in [0.29, 0.717) is 19.1 Å². The molecular weight excluding hydrogens is 334 g/mol. The molecule has 0 aromatic heterocycles. The van der Waals surface area contributed by atoms with Crippen LogP contribution in [0.4, 0.5) is 0 Å². The number of aliphatic hydroxyl groups excluding tert-OH is 1. The van der Waals surface area contributed by atoms with Gasteiger partial charge in [-0.05, 0) is 37.1 Å². The molecule has 1 aliphatic carbocycles. The van der Waals surface area contributed by atoms with E-state index in [-0.39, 0.29) is 12.5 Å². The van der Waals surface area contributed by atoms with Crippen LogP contribution >= 0.6 is 0 Å². The van der Waals surface area contributed by atoms with Crippen molar-refractivity contribution in [3.63, 3.8) is 0 Å². The van der Waals surface area contributed by atoms with Crippen molar-refractivity contribution in [2.24, 2.45) is 0 Å². The normalized spacial score (nSPS) is 19.8. The summed E-state index contributed by atoms with van der Waals surface area (Å²) >= 11 is 0. The second kappa shape index (κ2) is 9.21. The Hall–Kier alpha value is -1.83. The fraction of sp³-hybridized carbons (Fsp3) is 0.632. The molecule has 1 unspecified atom stereocenters. The monoisotopic (exact) mass is 363 g/mol. The number of β-amino-alcohol motifs (C(OH)–C–C–N with tert-alkyl or cyclic N) is 1. The molecule has 2 N–H and O–H groups in total. The fourth-order valence-electron chi connectivity index (χ4n) is 3.05. The minimum atomic E-state index is -0.540. The van der Waals surface area contributed by atoms with Crippen molar-refractivity contribution in [3.8, 4) is 11.5 Å². The van der Waals surface area contributed by atoms with Crippen LogP contribution in [0, 0.1) is 0 Å². The first-order chi connectivity index (χ1) is 12.6. The lowest BCUT2D eigenvalue weighted by molar-refractivity contribution is -0.122. The Bertz CT molecular complexity index is 569. The summed E-state index contributed by atoms with van der Waals surface area (Å²) in [5, 5.41) is 13.2. The number of nitrogens with one attached hydrogen (secondary N) is 1. The molecule has 2 aliphatic rings. The second-order valence-corrected chi connectivity index (χ2v) is 7.06. The number of aliphatic hydroxyl groups is 1. The molecule has 144 valence electrons. The van der Waals surface area contributed by atoms with E-state index in [4.69, 9.17) is 9.47 Å². The van der Waals surface area contributed by atoms with Gasteiger partial charge in [-0.15, -0.1) is 0 Å². The maximum atomic E-state index is 11.9. The Labute approximate surface area is 154 Å². The molecule has 1 aromatic carbocycles. The second-order valence-electron chi connectivity index (χ2n) is 7.06. The predicted molar refractivity (Wildman–Crippen MR) is 98.5 cm³/mol. The third kappa shape index (κ3) is 6.16. The number of methoxy groups -OCH3 is 1. The van der Waals surface area contributed by atoms with Gasteiger partial charge in [-0.3, -0.25) is 14.6 Å². The summed E-state index contributed by atoms with van der Waals surface area (Å²) in [4.78, 5) is 16.2. The Morgan fingerprint density at radius 2 is 1.77 bits per heavy atom. The van der Waals surface area contributed by atoms with Gasteiger partial charge in [0.25, 0.3) is 0 Å². The van der Waals surface area contributed by atoms with E-state index in [1.807, 2.05) is 24.3 Å². The van der Waals surface area contributed by atoms with E-state index in [9.17, 15) is 9.90 Å². The Morgan fingerprint density at radius 1 is 1.15 bits per heavy atom. The number of rotatable bonds is 9. The fourth-order valence-corrected chi connectivity index (χ4v) is 3.05. The van der Waals surface area contributed by atoms with Crippen molar-refractivity contribution in [1.29, 1.82) is 0 Å². The van der Waals surface area contributed by atoms with Crippen LogP contribution in [0.1, 0.15) is 12.8 Å². The molecule has 1 saturated carbocycles. The minimum absolute atomic E-state index is 0.133. The molecule has 1 heterocycles. The molecule has 7 nitrogen and oxygen atoms in total. The van der Waals surface area contributed by atoms with Gasteiger partial charge >= 0.3 is 0 Å². The molecule has 7 heteroatoms. The summed E-state index contributed by atoms with van der Waals surface area (Å²) in [6.07, 6.45) is 1.70. The van der Waals surface area contributed by atoms with Gasteiger partial charge in [0.15, 0.2) is 0 Å². The molecule has 1 aromatic rings. The van der Waals surface area contributed by atoms with Gasteiger partial charge in [-0.25, -0.2) is 0 Å². The van der Waals surface area contributed by atoms with Crippen molar-refractivity contribution in [3.05, 3.63) is 24.3 Å². The number of carbonyl (C=O) groups excluding carboxylic acids is 1. The predicted octanol–water partition coefficient (Wildman–Crippen LogP) is 0.331. The zero-order chi connectivity index (χ0) is 18.4. The summed E-state index contributed by atoms with van der Waals surface area (Å²) in [7, 11) is 1.62. The third-order valence-corrected chi connectivity index (χ3v) is 4.75. The number of nitrogens with zero attached hydrogens (tertiary/aromatic N) is 2. The Balaban J connectivity index is 1.31. The number of carbonyl (C=O) groups is 1. The molecule has 0 bridgehead atoms. The van der Waals surface area contributed by atoms with Gasteiger partial charge in [0.2, 0.25) is 5.91 Å². The van der Waals surface area contributed by atoms with Crippen molar-refractivity contribution in [1.82, 2.24) is 15.1 Å². The van der Waals surface area contributed by atoms with Gasteiger partial charge in [0.1, 0.15) is 24.2 Å². The maximum absolute atomic E-state index is 11.9. The highest BCUT2D eigenvalue weighted by atomic mass is 16.5. The molecule has 1 aliphatic heterocycles. The number of hydrogen-bond donors (Lipinski definition) is 2. The first-order valence-electron chi connectivity index (χ1n) is 9.31. The lowest BCUT2D eigenvalue weighted by Gasteiger charge is -2.35. The Morgan fingerprint density at radius 3 is 2.38 bits per heavy atom. The average Bonchev–Trinajstić information content (AvgIpc) is 3.46. The molecule has 2 fully saturated rings. The lowest BCUT2D eigenvalue weighted by atomic mass is 10.2. The van der Waals surface area contributed by atoms with Crippen LogP contribution < -0.4 is 14.8 Å². The van der Waals surface area contributed by atoms with Gasteiger partial charge < -0.3 is 19.9 Å². The van der Waals surface area contributed by atoms with Gasteiger partial charge in [0.05, 0.1) is 13.7 Å². The summed E-state index contributed by atoms with van der Waals surface area (Å²) in [5.41, 5.74) is 0. The van der Waals surface area contributed by atoms with Crippen molar-refractivity contribution < 1.29 is 19.4 Å². The number of amides is 1. The lowest BCUT2D eigenvalue weighted by Crippen LogP contribution is -2.51. The van der Waals surface area contributed by atoms with E-state index in [0.717, 1.165) is 50.5 Å². The van der Waals surface area contributed by atoms with E-state index in [1.165, 1.54) is 0 Å². The molecule has 1 saturated heterocycles. The van der Waals surface area contributed by atoms with E-state index >= 15 is 0 Å². The van der Waals surface area contributed by atoms with Crippen LogP contribution in [-0.4, -0.2) is 85.9 Å². The quantitative estimate of drug-likeness (QED) is 0.659. The first-order valence-corrected chi connectivity index (χ1v) is 9.31. The molecule has 0 spiro atoms. The van der Waals surface area contributed by atoms with Crippen LogP contribution in [0.25, 0.3) is 0 Å². The summed E-state index contributed by atoms with van der Waals surface area (Å²) in [6.45, 7) is 4.74. The van der Waals surface area contributed by atoms with Crippen molar-refractivity contribution in [2.75, 3.05) is 53.0 Å². The first kappa shape index (κ1) is 18.9. The van der Waals surface area contributed by atoms with Crippen LogP contribution in [0.15, 0.2) is 24.3 Å². The number of hydrogen-bond acceptors (Lipinski definition) is 6. The SMILES string of the molecule is COc1ccc(OCC(O)CN2CCN(CC(=O)NC3CC3)CC2)cc1. The molecule has 0 radical (unpaired) electrons. The standard InChI is InChI=1S/C19H29N3O4/c1-25-17-4-6-18(7-5-17)26-14-16(23)12-21-8-10-22(11-9-21)13-19(24)20-15-2-3-15/h4-7,15-16,23H,2-3,8-14H2,1H3,(H,20,24). The molecule has 1 amide bonds. The van der Waals surface area contributed by atoms with E-state index < -0.39 is 6.10 Å². The van der Waals surface area contributed by atoms with Gasteiger partial charge in [-0.1, -0.05) is 0 Å². The van der Waals surface area contributed by atoms with Crippen LogP contribution in [0.2, 0.25) is 0 Å². The number of ether oxygens (including phenoxy) is 2. The summed E-state index contributed by atoms with van der Waals surface area (Å²) < 4.78 is 10.7. The topological polar surface area (TPSA) is 74.3 Å². The maximum Gasteiger partial charge on any atom is 0.234 e. The molecule has 26 heavy (non-hydrogen) atoms. The third-order valence-electron chi connectivity index (χ3n) is 4.75. The number of piperazine rings is 1. The molecular formula is C19H29N3O4. The Kier molecular flexibility index (Phi) is 6.71. The van der Waals surface area contributed by atoms with Crippen LogP contribution in [0.5, 0.6) is 11.5 Å². The average molecular weight is 363 g/mol. The summed E-state index contributed by atoms with van der Waals surface area (Å²) in [6, 6.07) is 7.75. The highest BCUT2D eigenvalue weighted by Crippen LogP contribution is 2.18. The van der Waals surface area contributed by atoms with Gasteiger partial charge in [-0.2, -0.15) is 0 Å². The highest BCUT2D eigenvalue weighted by molar-refractivity contribution is 5.78. The number of benzene rings is 1. The van der Waals surface area contributed by atoms with Gasteiger partial charge in [0, 0.05) is 38.8 Å². The largest absolute Gasteiger partial charge is 0.497 e. The molecule has 3 rings (SSSR count). The van der Waals surface area contributed by atoms with E-state index in [2.05, 4.69) is 15.1 Å². The summed E-state index contributed by atoms with van der Waals surface area (Å²) in [5.74, 6) is 1.63. The zero-order valence-electron chi connectivity index (χ0n) is 15.4. The zero-order valence-corrected chi connectivity index (χ0v) is 15.4. The van der Waals surface area contributed by atoms with E-state index in [1.54, 1.807) is 7.11 Å². The minimum Gasteiger partial charge on any atom is -0.497 e. The van der Waals surface area contributed by atoms with Crippen molar-refractivity contribution >= 4 is 5.91 Å². The van der Waals surface area contributed by atoms with Crippen LogP contribution in [-0.2, 0) is 4.79 Å². The van der Waals surface area contributed by atoms with Crippen LogP contribution in [0.3, 0.4) is 0 Å². The van der Waals surface area contributed by atoms with Crippen molar-refractivity contribution in [2.45, 2.75) is 25.0 Å². The highest BCUT2D eigenvalue weighted by Gasteiger charge is 2.25. The molecule has 1 atom stereocenters. The smallest absolute Gasteiger partial charge is 0.234 e.